The summed E-state index contributed by atoms with van der Waals surface area (Å²) in [6.07, 6.45) is 1.13. The standard InChI is InChI=1S/C24H32N2O2/c1-18-15-26-11-10-25(16-19-6-4-9-23(12-19)28-3)17-21(26)14-24(18,2)20-7-5-8-22(27)13-20/h4-9,12-13,18,21,27H,10-11,14-17H2,1-3H3/t18-,21+,24+/m0/s1. The van der Waals surface area contributed by atoms with Crippen molar-refractivity contribution < 1.29 is 9.84 Å². The van der Waals surface area contributed by atoms with Crippen molar-refractivity contribution in [3.8, 4) is 11.5 Å². The van der Waals surface area contributed by atoms with E-state index in [0.717, 1.165) is 44.9 Å². The Bertz CT molecular complexity index is 824. The van der Waals surface area contributed by atoms with Gasteiger partial charge in [0.25, 0.3) is 0 Å². The molecule has 4 heteroatoms. The first kappa shape index (κ1) is 19.3. The molecule has 150 valence electrons. The molecule has 0 aliphatic carbocycles. The van der Waals surface area contributed by atoms with E-state index < -0.39 is 0 Å². The molecule has 4 nitrogen and oxygen atoms in total. The highest BCUT2D eigenvalue weighted by Gasteiger charge is 2.44. The normalized spacial score (nSPS) is 28.7. The fourth-order valence-corrected chi connectivity index (χ4v) is 5.07. The second-order valence-corrected chi connectivity index (χ2v) is 8.81. The van der Waals surface area contributed by atoms with Gasteiger partial charge in [0.15, 0.2) is 0 Å². The molecule has 2 aromatic carbocycles. The number of nitrogens with zero attached hydrogens (tertiary/aromatic N) is 2. The molecule has 4 rings (SSSR count). The predicted molar refractivity (Wildman–Crippen MR) is 113 cm³/mol. The zero-order chi connectivity index (χ0) is 19.7. The van der Waals surface area contributed by atoms with Gasteiger partial charge in [-0.2, -0.15) is 0 Å². The molecule has 0 unspecified atom stereocenters. The molecule has 0 aromatic heterocycles. The highest BCUT2D eigenvalue weighted by atomic mass is 16.5. The van der Waals surface area contributed by atoms with Crippen molar-refractivity contribution in [2.45, 2.75) is 38.3 Å². The molecule has 2 heterocycles. The van der Waals surface area contributed by atoms with Gasteiger partial charge in [-0.25, -0.2) is 0 Å². The number of piperidine rings is 1. The number of methoxy groups -OCH3 is 1. The number of hydrogen-bond donors (Lipinski definition) is 1. The molecule has 28 heavy (non-hydrogen) atoms. The minimum Gasteiger partial charge on any atom is -0.508 e. The summed E-state index contributed by atoms with van der Waals surface area (Å²) in [5.41, 5.74) is 2.68. The van der Waals surface area contributed by atoms with Crippen LogP contribution in [-0.4, -0.2) is 54.2 Å². The lowest BCUT2D eigenvalue weighted by atomic mass is 9.65. The topological polar surface area (TPSA) is 35.9 Å². The van der Waals surface area contributed by atoms with Gasteiger partial charge in [0, 0.05) is 38.8 Å². The maximum absolute atomic E-state index is 10.00. The molecule has 2 aromatic rings. The number of benzene rings is 2. The largest absolute Gasteiger partial charge is 0.508 e. The van der Waals surface area contributed by atoms with Crippen molar-refractivity contribution in [1.82, 2.24) is 9.80 Å². The number of phenolic OH excluding ortho intramolecular Hbond substituents is 1. The van der Waals surface area contributed by atoms with Gasteiger partial charge in [-0.3, -0.25) is 9.80 Å². The van der Waals surface area contributed by atoms with E-state index in [1.165, 1.54) is 11.1 Å². The lowest BCUT2D eigenvalue weighted by Gasteiger charge is -2.53. The molecule has 3 atom stereocenters. The Morgan fingerprint density at radius 2 is 1.93 bits per heavy atom. The molecule has 0 saturated carbocycles. The minimum atomic E-state index is 0.0961. The summed E-state index contributed by atoms with van der Waals surface area (Å²) in [5, 5.41) is 10.00. The Balaban J connectivity index is 1.49. The van der Waals surface area contributed by atoms with E-state index in [9.17, 15) is 5.11 Å². The smallest absolute Gasteiger partial charge is 0.119 e. The number of piperazine rings is 1. The SMILES string of the molecule is COc1cccc(CN2CCN3C[C@H](C)[C@](C)(c4cccc(O)c4)C[C@@H]3C2)c1. The third kappa shape index (κ3) is 3.76. The monoisotopic (exact) mass is 380 g/mol. The summed E-state index contributed by atoms with van der Waals surface area (Å²) >= 11 is 0. The molecule has 0 spiro atoms. The first-order valence-corrected chi connectivity index (χ1v) is 10.4. The lowest BCUT2D eigenvalue weighted by Crippen LogP contribution is -2.60. The fourth-order valence-electron chi connectivity index (χ4n) is 5.07. The molecule has 0 radical (unpaired) electrons. The molecule has 2 aliphatic heterocycles. The van der Waals surface area contributed by atoms with Crippen LogP contribution < -0.4 is 4.74 Å². The van der Waals surface area contributed by atoms with Crippen molar-refractivity contribution in [3.05, 3.63) is 59.7 Å². The van der Waals surface area contributed by atoms with E-state index in [1.807, 2.05) is 18.2 Å². The first-order valence-electron chi connectivity index (χ1n) is 10.4. The summed E-state index contributed by atoms with van der Waals surface area (Å²) < 4.78 is 5.38. The van der Waals surface area contributed by atoms with Crippen LogP contribution in [0.5, 0.6) is 11.5 Å². The van der Waals surface area contributed by atoms with Crippen molar-refractivity contribution in [2.75, 3.05) is 33.3 Å². The van der Waals surface area contributed by atoms with Crippen molar-refractivity contribution >= 4 is 0 Å². The number of phenols is 1. The Labute approximate surface area is 168 Å². The summed E-state index contributed by atoms with van der Waals surface area (Å²) in [6, 6.07) is 16.9. The summed E-state index contributed by atoms with van der Waals surface area (Å²) in [4.78, 5) is 5.26. The molecule has 2 saturated heterocycles. The van der Waals surface area contributed by atoms with Crippen molar-refractivity contribution in [2.24, 2.45) is 5.92 Å². The van der Waals surface area contributed by atoms with Gasteiger partial charge < -0.3 is 9.84 Å². The third-order valence-electron chi connectivity index (χ3n) is 6.99. The fraction of sp³-hybridized carbons (Fsp3) is 0.500. The number of rotatable bonds is 4. The van der Waals surface area contributed by atoms with Gasteiger partial charge in [-0.1, -0.05) is 38.1 Å². The number of ether oxygens (including phenoxy) is 1. The predicted octanol–water partition coefficient (Wildman–Crippen LogP) is 3.88. The zero-order valence-electron chi connectivity index (χ0n) is 17.3. The minimum absolute atomic E-state index is 0.0961. The number of hydrogen-bond acceptors (Lipinski definition) is 4. The van der Waals surface area contributed by atoms with E-state index in [2.05, 4.69) is 47.9 Å². The molecular weight excluding hydrogens is 348 g/mol. The van der Waals surface area contributed by atoms with E-state index in [4.69, 9.17) is 4.74 Å². The van der Waals surface area contributed by atoms with Crippen LogP contribution in [0.25, 0.3) is 0 Å². The average Bonchev–Trinajstić information content (AvgIpc) is 2.69. The van der Waals surface area contributed by atoms with Gasteiger partial charge in [-0.15, -0.1) is 0 Å². The number of fused-ring (bicyclic) bond motifs is 1. The number of aromatic hydroxyl groups is 1. The van der Waals surface area contributed by atoms with Crippen molar-refractivity contribution in [1.29, 1.82) is 0 Å². The molecular formula is C24H32N2O2. The van der Waals surface area contributed by atoms with Crippen LogP contribution in [0.15, 0.2) is 48.5 Å². The van der Waals surface area contributed by atoms with Gasteiger partial charge in [0.1, 0.15) is 11.5 Å². The van der Waals surface area contributed by atoms with Crippen LogP contribution in [-0.2, 0) is 12.0 Å². The zero-order valence-corrected chi connectivity index (χ0v) is 17.3. The first-order chi connectivity index (χ1) is 13.5. The highest BCUT2D eigenvalue weighted by Crippen LogP contribution is 2.43. The van der Waals surface area contributed by atoms with Crippen LogP contribution >= 0.6 is 0 Å². The van der Waals surface area contributed by atoms with E-state index >= 15 is 0 Å². The van der Waals surface area contributed by atoms with Gasteiger partial charge in [-0.05, 0) is 53.1 Å². The van der Waals surface area contributed by atoms with Crippen LogP contribution in [0.1, 0.15) is 31.4 Å². The maximum atomic E-state index is 10.00. The second-order valence-electron chi connectivity index (χ2n) is 8.81. The molecule has 0 bridgehead atoms. The van der Waals surface area contributed by atoms with Crippen LogP contribution in [0, 0.1) is 5.92 Å². The average molecular weight is 381 g/mol. The van der Waals surface area contributed by atoms with Crippen LogP contribution in [0.2, 0.25) is 0 Å². The quantitative estimate of drug-likeness (QED) is 0.873. The van der Waals surface area contributed by atoms with Crippen LogP contribution in [0.3, 0.4) is 0 Å². The van der Waals surface area contributed by atoms with Gasteiger partial charge in [0.2, 0.25) is 0 Å². The highest BCUT2D eigenvalue weighted by molar-refractivity contribution is 5.34. The van der Waals surface area contributed by atoms with E-state index in [1.54, 1.807) is 13.2 Å². The Kier molecular flexibility index (Phi) is 5.35. The third-order valence-corrected chi connectivity index (χ3v) is 6.99. The van der Waals surface area contributed by atoms with Crippen molar-refractivity contribution in [3.63, 3.8) is 0 Å². The van der Waals surface area contributed by atoms with Gasteiger partial charge >= 0.3 is 0 Å². The molecule has 0 amide bonds. The van der Waals surface area contributed by atoms with Crippen LogP contribution in [0.4, 0.5) is 0 Å². The Morgan fingerprint density at radius 3 is 2.71 bits per heavy atom. The Hall–Kier alpha value is -2.04. The summed E-state index contributed by atoms with van der Waals surface area (Å²) in [6.45, 7) is 10.2. The Morgan fingerprint density at radius 1 is 1.11 bits per heavy atom. The summed E-state index contributed by atoms with van der Waals surface area (Å²) in [5.74, 6) is 1.87. The van der Waals surface area contributed by atoms with E-state index in [0.29, 0.717) is 17.7 Å². The molecule has 1 N–H and O–H groups in total. The second kappa shape index (κ2) is 7.76. The van der Waals surface area contributed by atoms with E-state index in [-0.39, 0.29) is 5.41 Å². The maximum Gasteiger partial charge on any atom is 0.119 e. The lowest BCUT2D eigenvalue weighted by molar-refractivity contribution is -0.00558. The summed E-state index contributed by atoms with van der Waals surface area (Å²) in [7, 11) is 1.73. The molecule has 2 fully saturated rings. The molecule has 2 aliphatic rings. The van der Waals surface area contributed by atoms with Gasteiger partial charge in [0.05, 0.1) is 7.11 Å².